The van der Waals surface area contributed by atoms with Crippen LogP contribution in [0.4, 0.5) is 9.93 Å². The molecule has 3 amide bonds. The predicted octanol–water partition coefficient (Wildman–Crippen LogP) is 3.59. The minimum Gasteiger partial charge on any atom is -0.497 e. The van der Waals surface area contributed by atoms with E-state index in [0.29, 0.717) is 11.3 Å². The van der Waals surface area contributed by atoms with Crippen LogP contribution in [0.5, 0.6) is 5.75 Å². The smallest absolute Gasteiger partial charge is 0.405 e. The monoisotopic (exact) mass is 510 g/mol. The van der Waals surface area contributed by atoms with Gasteiger partial charge in [-0.2, -0.15) is 0 Å². The van der Waals surface area contributed by atoms with Crippen LogP contribution in [0.15, 0.2) is 60.0 Å². The average Bonchev–Trinajstić information content (AvgIpc) is 3.34. The first-order valence-corrected chi connectivity index (χ1v) is 11.8. The fraction of sp³-hybridized carbons (Fsp3) is 0.240. The summed E-state index contributed by atoms with van der Waals surface area (Å²) in [7, 11) is 1.49. The van der Waals surface area contributed by atoms with E-state index in [0.717, 1.165) is 16.9 Å². The number of amides is 3. The van der Waals surface area contributed by atoms with E-state index in [1.807, 2.05) is 30.3 Å². The Labute approximate surface area is 211 Å². The predicted molar refractivity (Wildman–Crippen MR) is 134 cm³/mol. The number of thiazole rings is 1. The second-order valence-corrected chi connectivity index (χ2v) is 8.78. The molecular weight excluding hydrogens is 484 g/mol. The largest absolute Gasteiger partial charge is 0.497 e. The zero-order valence-corrected chi connectivity index (χ0v) is 20.7. The first kappa shape index (κ1) is 26.4. The maximum Gasteiger partial charge on any atom is 0.405 e. The van der Waals surface area contributed by atoms with Crippen LogP contribution in [0.3, 0.4) is 0 Å². The van der Waals surface area contributed by atoms with Crippen LogP contribution in [0, 0.1) is 0 Å². The lowest BCUT2D eigenvalue weighted by Gasteiger charge is -2.27. The number of nitrogens with zero attached hydrogens (tertiary/aromatic N) is 1. The third-order valence-electron chi connectivity index (χ3n) is 5.48. The van der Waals surface area contributed by atoms with Crippen molar-refractivity contribution >= 4 is 40.2 Å². The molecule has 3 aromatic rings. The van der Waals surface area contributed by atoms with Gasteiger partial charge in [0.2, 0.25) is 11.8 Å². The maximum absolute atomic E-state index is 13.3. The molecule has 0 saturated carbocycles. The van der Waals surface area contributed by atoms with Gasteiger partial charge in [0.05, 0.1) is 7.11 Å². The van der Waals surface area contributed by atoms with E-state index in [1.165, 1.54) is 19.4 Å². The van der Waals surface area contributed by atoms with Gasteiger partial charge in [0, 0.05) is 18.2 Å². The second kappa shape index (κ2) is 11.9. The third kappa shape index (κ3) is 6.66. The summed E-state index contributed by atoms with van der Waals surface area (Å²) in [6.07, 6.45) is -1.40. The summed E-state index contributed by atoms with van der Waals surface area (Å²) in [5.74, 6) is -1.46. The van der Waals surface area contributed by atoms with Gasteiger partial charge >= 0.3 is 6.09 Å². The molecule has 188 valence electrons. The summed E-state index contributed by atoms with van der Waals surface area (Å²) in [6, 6.07) is 13.1. The average molecular weight is 511 g/mol. The van der Waals surface area contributed by atoms with E-state index in [2.05, 4.69) is 20.9 Å². The van der Waals surface area contributed by atoms with E-state index in [4.69, 9.17) is 4.74 Å². The molecule has 0 aliphatic heterocycles. The molecule has 0 fully saturated rings. The van der Waals surface area contributed by atoms with Gasteiger partial charge in [-0.05, 0) is 23.3 Å². The second-order valence-electron chi connectivity index (χ2n) is 7.92. The number of nitrogens with one attached hydrogen (secondary N) is 3. The molecule has 36 heavy (non-hydrogen) atoms. The summed E-state index contributed by atoms with van der Waals surface area (Å²) in [6.45, 7) is 3.14. The van der Waals surface area contributed by atoms with Gasteiger partial charge in [-0.25, -0.2) is 9.78 Å². The minimum atomic E-state index is -1.40. The molecule has 3 atom stereocenters. The number of carbonyl (C=O) groups is 4. The number of anilines is 1. The summed E-state index contributed by atoms with van der Waals surface area (Å²) >= 11 is 1.09. The number of rotatable bonds is 10. The fourth-order valence-electron chi connectivity index (χ4n) is 3.50. The van der Waals surface area contributed by atoms with Crippen molar-refractivity contribution in [1.29, 1.82) is 0 Å². The number of Topliss-reactive ketones (excluding diaryl/α,β-unsaturated/α-hetero) is 1. The number of carboxylic acid groups (broad SMARTS) is 1. The molecule has 0 unspecified atom stereocenters. The van der Waals surface area contributed by atoms with Crippen molar-refractivity contribution in [3.05, 3.63) is 76.8 Å². The van der Waals surface area contributed by atoms with Gasteiger partial charge in [-0.1, -0.05) is 49.4 Å². The van der Waals surface area contributed by atoms with Crippen molar-refractivity contribution in [2.45, 2.75) is 31.8 Å². The van der Waals surface area contributed by atoms with Gasteiger partial charge in [-0.15, -0.1) is 11.3 Å². The summed E-state index contributed by atoms with van der Waals surface area (Å²) in [4.78, 5) is 53.8. The number of hydrogen-bond acceptors (Lipinski definition) is 7. The van der Waals surface area contributed by atoms with Crippen LogP contribution < -0.4 is 20.7 Å². The van der Waals surface area contributed by atoms with E-state index >= 15 is 0 Å². The normalized spacial score (nSPS) is 13.1. The number of aromatic nitrogens is 1. The van der Waals surface area contributed by atoms with E-state index in [1.54, 1.807) is 31.2 Å². The van der Waals surface area contributed by atoms with Crippen LogP contribution >= 0.6 is 11.3 Å². The number of benzene rings is 2. The molecule has 10 nitrogen and oxygen atoms in total. The molecule has 0 spiro atoms. The number of carbonyl (C=O) groups excluding carboxylic acids is 3. The lowest BCUT2D eigenvalue weighted by atomic mass is 9.92. The van der Waals surface area contributed by atoms with Crippen LogP contribution in [-0.4, -0.2) is 46.9 Å². The van der Waals surface area contributed by atoms with Crippen molar-refractivity contribution in [2.75, 3.05) is 12.4 Å². The Morgan fingerprint density at radius 1 is 0.944 bits per heavy atom. The van der Waals surface area contributed by atoms with Gasteiger partial charge in [-0.3, -0.25) is 14.4 Å². The highest BCUT2D eigenvalue weighted by Crippen LogP contribution is 2.24. The fourth-order valence-corrected chi connectivity index (χ4v) is 4.25. The summed E-state index contributed by atoms with van der Waals surface area (Å²) < 4.78 is 5.12. The Balaban J connectivity index is 1.89. The number of methoxy groups -OCH3 is 1. The Morgan fingerprint density at radius 3 is 2.17 bits per heavy atom. The van der Waals surface area contributed by atoms with Gasteiger partial charge in [0.15, 0.2) is 10.9 Å². The molecule has 1 aromatic heterocycles. The van der Waals surface area contributed by atoms with E-state index < -0.39 is 35.9 Å². The molecule has 0 radical (unpaired) electrons. The maximum atomic E-state index is 13.3. The van der Waals surface area contributed by atoms with Gasteiger partial charge < -0.3 is 25.8 Å². The zero-order chi connectivity index (χ0) is 26.2. The molecule has 0 aliphatic rings. The molecule has 1 heterocycles. The highest BCUT2D eigenvalue weighted by atomic mass is 32.1. The highest BCUT2D eigenvalue weighted by molar-refractivity contribution is 7.14. The van der Waals surface area contributed by atoms with Crippen molar-refractivity contribution in [3.63, 3.8) is 0 Å². The van der Waals surface area contributed by atoms with Crippen LogP contribution in [0.1, 0.15) is 47.4 Å². The minimum absolute atomic E-state index is 0.208. The van der Waals surface area contributed by atoms with E-state index in [9.17, 15) is 24.3 Å². The quantitative estimate of drug-likeness (QED) is 0.305. The molecular formula is C25H26N4O6S. The number of ether oxygens (including phenoxy) is 1. The Hall–Kier alpha value is -4.25. The van der Waals surface area contributed by atoms with Crippen molar-refractivity contribution in [3.8, 4) is 5.75 Å². The Morgan fingerprint density at radius 2 is 1.61 bits per heavy atom. The number of hydrogen-bond donors (Lipinski definition) is 4. The molecule has 3 rings (SSSR count). The molecule has 0 aliphatic carbocycles. The van der Waals surface area contributed by atoms with Crippen LogP contribution in [-0.2, 0) is 9.59 Å². The highest BCUT2D eigenvalue weighted by Gasteiger charge is 2.32. The Bertz CT molecular complexity index is 1230. The summed E-state index contributed by atoms with van der Waals surface area (Å²) in [5, 5.41) is 18.6. The molecule has 11 heteroatoms. The van der Waals surface area contributed by atoms with Crippen LogP contribution in [0.2, 0.25) is 0 Å². The lowest BCUT2D eigenvalue weighted by molar-refractivity contribution is -0.128. The van der Waals surface area contributed by atoms with Crippen LogP contribution in [0.25, 0.3) is 0 Å². The molecule has 0 bridgehead atoms. The van der Waals surface area contributed by atoms with Gasteiger partial charge in [0.1, 0.15) is 23.5 Å². The zero-order valence-electron chi connectivity index (χ0n) is 19.8. The molecule has 4 N–H and O–H groups in total. The van der Waals surface area contributed by atoms with Gasteiger partial charge in [0.25, 0.3) is 0 Å². The summed E-state index contributed by atoms with van der Waals surface area (Å²) in [5.41, 5.74) is 1.37. The van der Waals surface area contributed by atoms with E-state index in [-0.39, 0.29) is 16.6 Å². The first-order chi connectivity index (χ1) is 17.2. The SMILES string of the molecule is COc1ccc([C@@H](NC(=O)O)C(=O)N[C@H](C(=O)Nc2nc(C(C)=O)cs2)[C@@H](C)c2ccccc2)cc1. The van der Waals surface area contributed by atoms with Crippen molar-refractivity contribution in [1.82, 2.24) is 15.6 Å². The number of ketones is 1. The van der Waals surface area contributed by atoms with Crippen molar-refractivity contribution in [2.24, 2.45) is 0 Å². The Kier molecular flexibility index (Phi) is 8.74. The van der Waals surface area contributed by atoms with Crippen molar-refractivity contribution < 1.29 is 29.0 Å². The first-order valence-electron chi connectivity index (χ1n) is 11.0. The molecule has 0 saturated heterocycles. The standard InChI is InChI=1S/C25H26N4O6S/c1-14(16-7-5-4-6-8-16)20(22(31)29-24-26-19(13-36-24)15(2)30)27-23(32)21(28-25(33)34)17-9-11-18(35-3)12-10-17/h4-14,20-21,28H,1-3H3,(H,27,32)(H,33,34)(H,26,29,31)/t14-,20-,21+/m0/s1. The molecule has 2 aromatic carbocycles. The topological polar surface area (TPSA) is 147 Å². The third-order valence-corrected chi connectivity index (χ3v) is 6.24. The lowest BCUT2D eigenvalue weighted by Crippen LogP contribution is -2.50.